The molecule has 0 saturated carbocycles. The first-order valence-corrected chi connectivity index (χ1v) is 4.86. The first kappa shape index (κ1) is 10.9. The quantitative estimate of drug-likeness (QED) is 0.659. The van der Waals surface area contributed by atoms with Gasteiger partial charge in [0.2, 0.25) is 0 Å². The van der Waals surface area contributed by atoms with Gasteiger partial charge in [0, 0.05) is 11.7 Å². The number of rotatable bonds is 3. The van der Waals surface area contributed by atoms with Crippen LogP contribution in [0.4, 0.5) is 5.69 Å². The lowest BCUT2D eigenvalue weighted by molar-refractivity contribution is 0.264. The van der Waals surface area contributed by atoms with Crippen molar-refractivity contribution in [2.24, 2.45) is 0 Å². The molecule has 0 heterocycles. The van der Waals surface area contributed by atoms with Crippen LogP contribution in [0.15, 0.2) is 30.3 Å². The highest BCUT2D eigenvalue weighted by Gasteiger charge is 2.01. The molecule has 4 heteroatoms. The minimum absolute atomic E-state index is 0.0290. The SMILES string of the molecule is CC(CO)NC(=S)Nc1ccccc1. The van der Waals surface area contributed by atoms with Gasteiger partial charge in [0.25, 0.3) is 0 Å². The molecule has 76 valence electrons. The molecule has 3 nitrogen and oxygen atoms in total. The Balaban J connectivity index is 2.42. The zero-order valence-electron chi connectivity index (χ0n) is 8.03. The number of aliphatic hydroxyl groups is 1. The summed E-state index contributed by atoms with van der Waals surface area (Å²) >= 11 is 5.05. The Labute approximate surface area is 89.1 Å². The van der Waals surface area contributed by atoms with Gasteiger partial charge in [0.15, 0.2) is 5.11 Å². The van der Waals surface area contributed by atoms with Crippen LogP contribution in [0.2, 0.25) is 0 Å². The second-order valence-corrected chi connectivity index (χ2v) is 3.46. The van der Waals surface area contributed by atoms with Crippen molar-refractivity contribution in [3.05, 3.63) is 30.3 Å². The van der Waals surface area contributed by atoms with Crippen molar-refractivity contribution in [3.8, 4) is 0 Å². The summed E-state index contributed by atoms with van der Waals surface area (Å²) in [4.78, 5) is 0. The molecule has 1 atom stereocenters. The number of nitrogens with one attached hydrogen (secondary N) is 2. The summed E-state index contributed by atoms with van der Waals surface area (Å²) in [7, 11) is 0. The maximum absolute atomic E-state index is 8.80. The fraction of sp³-hybridized carbons (Fsp3) is 0.300. The number of benzene rings is 1. The Morgan fingerprint density at radius 1 is 1.43 bits per heavy atom. The van der Waals surface area contributed by atoms with E-state index in [2.05, 4.69) is 10.6 Å². The first-order chi connectivity index (χ1) is 6.72. The number of anilines is 1. The van der Waals surface area contributed by atoms with E-state index in [0.717, 1.165) is 5.69 Å². The Bertz CT molecular complexity index is 289. The van der Waals surface area contributed by atoms with Crippen LogP contribution in [-0.4, -0.2) is 22.9 Å². The van der Waals surface area contributed by atoms with Gasteiger partial charge >= 0.3 is 0 Å². The average Bonchev–Trinajstić information content (AvgIpc) is 2.19. The lowest BCUT2D eigenvalue weighted by atomic mass is 10.3. The third-order valence-corrected chi connectivity index (χ3v) is 1.90. The first-order valence-electron chi connectivity index (χ1n) is 4.46. The van der Waals surface area contributed by atoms with Gasteiger partial charge in [-0.2, -0.15) is 0 Å². The summed E-state index contributed by atoms with van der Waals surface area (Å²) in [6.07, 6.45) is 0. The molecule has 0 aromatic heterocycles. The summed E-state index contributed by atoms with van der Waals surface area (Å²) in [5.41, 5.74) is 0.940. The van der Waals surface area contributed by atoms with Crippen LogP contribution < -0.4 is 10.6 Å². The molecule has 14 heavy (non-hydrogen) atoms. The Morgan fingerprint density at radius 2 is 2.07 bits per heavy atom. The predicted octanol–water partition coefficient (Wildman–Crippen LogP) is 1.35. The maximum Gasteiger partial charge on any atom is 0.171 e. The van der Waals surface area contributed by atoms with Gasteiger partial charge in [0.1, 0.15) is 0 Å². The van der Waals surface area contributed by atoms with Gasteiger partial charge in [-0.25, -0.2) is 0 Å². The van der Waals surface area contributed by atoms with Gasteiger partial charge in [-0.05, 0) is 31.3 Å². The number of para-hydroxylation sites is 1. The molecule has 0 radical (unpaired) electrons. The van der Waals surface area contributed by atoms with Gasteiger partial charge < -0.3 is 15.7 Å². The van der Waals surface area contributed by atoms with Crippen LogP contribution in [-0.2, 0) is 0 Å². The number of aliphatic hydroxyl groups excluding tert-OH is 1. The van der Waals surface area contributed by atoms with E-state index in [0.29, 0.717) is 5.11 Å². The Morgan fingerprint density at radius 3 is 2.64 bits per heavy atom. The lowest BCUT2D eigenvalue weighted by Crippen LogP contribution is -2.37. The van der Waals surface area contributed by atoms with Gasteiger partial charge in [-0.3, -0.25) is 0 Å². The average molecular weight is 210 g/mol. The summed E-state index contributed by atoms with van der Waals surface area (Å²) in [5.74, 6) is 0. The van der Waals surface area contributed by atoms with E-state index in [4.69, 9.17) is 17.3 Å². The van der Waals surface area contributed by atoms with Crippen molar-refractivity contribution < 1.29 is 5.11 Å². The summed E-state index contributed by atoms with van der Waals surface area (Å²) < 4.78 is 0. The van der Waals surface area contributed by atoms with Gasteiger partial charge in [0.05, 0.1) is 6.61 Å². The molecule has 3 N–H and O–H groups in total. The summed E-state index contributed by atoms with van der Waals surface area (Å²) in [6.45, 7) is 1.93. The van der Waals surface area contributed by atoms with Crippen LogP contribution in [0.1, 0.15) is 6.92 Å². The minimum atomic E-state index is -0.0290. The lowest BCUT2D eigenvalue weighted by Gasteiger charge is -2.14. The summed E-state index contributed by atoms with van der Waals surface area (Å²) in [5, 5.41) is 15.3. The Hall–Kier alpha value is -1.13. The second kappa shape index (κ2) is 5.57. The zero-order chi connectivity index (χ0) is 10.4. The number of hydrogen-bond donors (Lipinski definition) is 3. The normalized spacial score (nSPS) is 11.9. The van der Waals surface area contributed by atoms with Crippen molar-refractivity contribution in [2.45, 2.75) is 13.0 Å². The molecule has 0 bridgehead atoms. The zero-order valence-corrected chi connectivity index (χ0v) is 8.84. The van der Waals surface area contributed by atoms with Crippen molar-refractivity contribution in [2.75, 3.05) is 11.9 Å². The van der Waals surface area contributed by atoms with Crippen molar-refractivity contribution >= 4 is 23.0 Å². The van der Waals surface area contributed by atoms with Crippen molar-refractivity contribution in [1.82, 2.24) is 5.32 Å². The molecular weight excluding hydrogens is 196 g/mol. The molecule has 1 aromatic carbocycles. The predicted molar refractivity (Wildman–Crippen MR) is 62.3 cm³/mol. The summed E-state index contributed by atoms with van der Waals surface area (Å²) in [6, 6.07) is 9.63. The van der Waals surface area contributed by atoms with Gasteiger partial charge in [-0.15, -0.1) is 0 Å². The van der Waals surface area contributed by atoms with E-state index in [9.17, 15) is 0 Å². The van der Waals surface area contributed by atoms with Crippen LogP contribution >= 0.6 is 12.2 Å². The molecule has 0 aliphatic carbocycles. The standard InChI is InChI=1S/C10H14N2OS/c1-8(7-13)11-10(14)12-9-5-3-2-4-6-9/h2-6,8,13H,7H2,1H3,(H2,11,12,14). The largest absolute Gasteiger partial charge is 0.394 e. The van der Waals surface area contributed by atoms with Crippen LogP contribution in [0.5, 0.6) is 0 Å². The third kappa shape index (κ3) is 3.72. The van der Waals surface area contributed by atoms with E-state index < -0.39 is 0 Å². The van der Waals surface area contributed by atoms with E-state index in [1.165, 1.54) is 0 Å². The molecular formula is C10H14N2OS. The van der Waals surface area contributed by atoms with E-state index in [1.54, 1.807) is 0 Å². The highest BCUT2D eigenvalue weighted by Crippen LogP contribution is 2.04. The monoisotopic (exact) mass is 210 g/mol. The second-order valence-electron chi connectivity index (χ2n) is 3.05. The van der Waals surface area contributed by atoms with Gasteiger partial charge in [-0.1, -0.05) is 18.2 Å². The van der Waals surface area contributed by atoms with E-state index >= 15 is 0 Å². The van der Waals surface area contributed by atoms with Crippen LogP contribution in [0.3, 0.4) is 0 Å². The molecule has 1 rings (SSSR count). The molecule has 0 aliphatic heterocycles. The van der Waals surface area contributed by atoms with Crippen LogP contribution in [0, 0.1) is 0 Å². The highest BCUT2D eigenvalue weighted by atomic mass is 32.1. The third-order valence-electron chi connectivity index (χ3n) is 1.68. The van der Waals surface area contributed by atoms with E-state index in [-0.39, 0.29) is 12.6 Å². The molecule has 1 aromatic rings. The van der Waals surface area contributed by atoms with Crippen molar-refractivity contribution in [3.63, 3.8) is 0 Å². The highest BCUT2D eigenvalue weighted by molar-refractivity contribution is 7.80. The molecule has 0 aliphatic rings. The molecule has 1 unspecified atom stereocenters. The topological polar surface area (TPSA) is 44.3 Å². The molecule has 0 fully saturated rings. The maximum atomic E-state index is 8.80. The van der Waals surface area contributed by atoms with Crippen molar-refractivity contribution in [1.29, 1.82) is 0 Å². The fourth-order valence-electron chi connectivity index (χ4n) is 0.958. The minimum Gasteiger partial charge on any atom is -0.394 e. The number of hydrogen-bond acceptors (Lipinski definition) is 2. The van der Waals surface area contributed by atoms with Crippen LogP contribution in [0.25, 0.3) is 0 Å². The Kier molecular flexibility index (Phi) is 4.35. The molecule has 0 saturated heterocycles. The molecule has 0 spiro atoms. The number of thiocarbonyl (C=S) groups is 1. The van der Waals surface area contributed by atoms with E-state index in [1.807, 2.05) is 37.3 Å². The smallest absolute Gasteiger partial charge is 0.171 e. The fourth-order valence-corrected chi connectivity index (χ4v) is 1.28. The molecule has 0 amide bonds.